The summed E-state index contributed by atoms with van der Waals surface area (Å²) in [5.74, 6) is -1.30. The average molecular weight is 246 g/mol. The van der Waals surface area contributed by atoms with Crippen LogP contribution >= 0.6 is 11.6 Å². The number of carboxylic acids is 1. The van der Waals surface area contributed by atoms with Crippen LogP contribution in [0.5, 0.6) is 0 Å². The van der Waals surface area contributed by atoms with Crippen molar-refractivity contribution in [2.24, 2.45) is 0 Å². The molecule has 2 N–H and O–H groups in total. The van der Waals surface area contributed by atoms with E-state index < -0.39 is 12.0 Å². The van der Waals surface area contributed by atoms with Gasteiger partial charge in [-0.3, -0.25) is 4.79 Å². The quantitative estimate of drug-likeness (QED) is 0.856. The zero-order valence-electron chi connectivity index (χ0n) is 9.05. The molecule has 1 aromatic carbocycles. The lowest BCUT2D eigenvalue weighted by molar-refractivity contribution is -0.139. The lowest BCUT2D eigenvalue weighted by Gasteiger charge is -2.11. The number of carboxylic acid groups (broad SMARTS) is 1. The highest BCUT2D eigenvalue weighted by Crippen LogP contribution is 2.20. The highest BCUT2D eigenvalue weighted by Gasteiger charge is 2.11. The van der Waals surface area contributed by atoms with E-state index in [1.165, 1.54) is 19.1 Å². The molecule has 0 aliphatic carbocycles. The molecule has 1 rings (SSSR count). The molecular formula is C11H13ClFNO2. The van der Waals surface area contributed by atoms with Gasteiger partial charge in [0.15, 0.2) is 0 Å². The van der Waals surface area contributed by atoms with E-state index in [9.17, 15) is 9.18 Å². The number of carbonyl (C=O) groups is 1. The summed E-state index contributed by atoms with van der Waals surface area (Å²) in [6, 6.07) is 2.15. The molecule has 0 radical (unpaired) electrons. The molecule has 0 aliphatic heterocycles. The number of rotatable bonds is 4. The van der Waals surface area contributed by atoms with Gasteiger partial charge < -0.3 is 10.4 Å². The van der Waals surface area contributed by atoms with E-state index in [0.717, 1.165) is 0 Å². The van der Waals surface area contributed by atoms with Gasteiger partial charge in [0.05, 0.1) is 0 Å². The molecule has 16 heavy (non-hydrogen) atoms. The molecule has 0 aromatic heterocycles. The van der Waals surface area contributed by atoms with Crippen molar-refractivity contribution in [1.82, 2.24) is 5.32 Å². The van der Waals surface area contributed by atoms with Crippen molar-refractivity contribution in [2.75, 3.05) is 0 Å². The fourth-order valence-electron chi connectivity index (χ4n) is 1.17. The van der Waals surface area contributed by atoms with Crippen molar-refractivity contribution in [1.29, 1.82) is 0 Å². The molecule has 0 heterocycles. The van der Waals surface area contributed by atoms with Gasteiger partial charge in [0.25, 0.3) is 0 Å². The Labute approximate surface area is 98.2 Å². The van der Waals surface area contributed by atoms with Crippen LogP contribution in [0.25, 0.3) is 0 Å². The van der Waals surface area contributed by atoms with Crippen molar-refractivity contribution in [2.45, 2.75) is 26.4 Å². The van der Waals surface area contributed by atoms with E-state index in [0.29, 0.717) is 16.1 Å². The Morgan fingerprint density at radius 1 is 1.62 bits per heavy atom. The maximum Gasteiger partial charge on any atom is 0.320 e. The maximum absolute atomic E-state index is 13.2. The van der Waals surface area contributed by atoms with Gasteiger partial charge in [0.1, 0.15) is 11.9 Å². The van der Waals surface area contributed by atoms with E-state index in [1.54, 1.807) is 6.92 Å². The summed E-state index contributed by atoms with van der Waals surface area (Å²) < 4.78 is 13.2. The highest BCUT2D eigenvalue weighted by atomic mass is 35.5. The monoisotopic (exact) mass is 245 g/mol. The maximum atomic E-state index is 13.2. The van der Waals surface area contributed by atoms with Crippen LogP contribution in [0.3, 0.4) is 0 Å². The van der Waals surface area contributed by atoms with E-state index in [2.05, 4.69) is 5.32 Å². The SMILES string of the molecule is Cc1cc(Cl)c(CNC(C)C(=O)O)cc1F. The lowest BCUT2D eigenvalue weighted by Crippen LogP contribution is -2.33. The Hall–Kier alpha value is -1.13. The first-order valence-electron chi connectivity index (χ1n) is 4.82. The Balaban J connectivity index is 2.74. The van der Waals surface area contributed by atoms with Crippen molar-refractivity contribution in [3.8, 4) is 0 Å². The number of aliphatic carboxylic acids is 1. The predicted molar refractivity (Wildman–Crippen MR) is 60.1 cm³/mol. The molecule has 0 saturated carbocycles. The van der Waals surface area contributed by atoms with Gasteiger partial charge in [-0.1, -0.05) is 11.6 Å². The second-order valence-electron chi connectivity index (χ2n) is 3.63. The molecule has 0 fully saturated rings. The molecule has 88 valence electrons. The molecule has 0 spiro atoms. The highest BCUT2D eigenvalue weighted by molar-refractivity contribution is 6.31. The number of nitrogens with one attached hydrogen (secondary N) is 1. The van der Waals surface area contributed by atoms with Gasteiger partial charge >= 0.3 is 5.97 Å². The summed E-state index contributed by atoms with van der Waals surface area (Å²) in [4.78, 5) is 10.6. The molecule has 1 unspecified atom stereocenters. The second kappa shape index (κ2) is 5.27. The standard InChI is InChI=1S/C11H13ClFNO2/c1-6-3-9(12)8(4-10(6)13)5-14-7(2)11(15)16/h3-4,7,14H,5H2,1-2H3,(H,15,16). The van der Waals surface area contributed by atoms with Gasteiger partial charge in [0.2, 0.25) is 0 Å². The predicted octanol–water partition coefficient (Wildman–Crippen LogP) is 2.35. The largest absolute Gasteiger partial charge is 0.480 e. The Morgan fingerprint density at radius 3 is 2.81 bits per heavy atom. The van der Waals surface area contributed by atoms with Crippen molar-refractivity contribution >= 4 is 17.6 Å². The number of hydrogen-bond acceptors (Lipinski definition) is 2. The normalized spacial score (nSPS) is 12.5. The molecule has 3 nitrogen and oxygen atoms in total. The van der Waals surface area contributed by atoms with Crippen molar-refractivity contribution < 1.29 is 14.3 Å². The zero-order valence-corrected chi connectivity index (χ0v) is 9.81. The van der Waals surface area contributed by atoms with Crippen LogP contribution in [0.15, 0.2) is 12.1 Å². The molecular weight excluding hydrogens is 233 g/mol. The van der Waals surface area contributed by atoms with E-state index in [4.69, 9.17) is 16.7 Å². The van der Waals surface area contributed by atoms with Crippen LogP contribution in [-0.2, 0) is 11.3 Å². The topological polar surface area (TPSA) is 49.3 Å². The second-order valence-corrected chi connectivity index (χ2v) is 4.04. The summed E-state index contributed by atoms with van der Waals surface area (Å²) in [5.41, 5.74) is 1.03. The van der Waals surface area contributed by atoms with Crippen LogP contribution in [0.1, 0.15) is 18.1 Å². The molecule has 0 aliphatic rings. The van der Waals surface area contributed by atoms with Gasteiger partial charge in [-0.25, -0.2) is 4.39 Å². The molecule has 1 aromatic rings. The third kappa shape index (κ3) is 3.18. The number of hydrogen-bond donors (Lipinski definition) is 2. The summed E-state index contributed by atoms with van der Waals surface area (Å²) in [6.45, 7) is 3.36. The van der Waals surface area contributed by atoms with Gasteiger partial charge in [-0.2, -0.15) is 0 Å². The Morgan fingerprint density at radius 2 is 2.25 bits per heavy atom. The first-order chi connectivity index (χ1) is 7.41. The molecule has 1 atom stereocenters. The van der Waals surface area contributed by atoms with E-state index in [1.807, 2.05) is 0 Å². The van der Waals surface area contributed by atoms with Crippen LogP contribution in [0, 0.1) is 12.7 Å². The fraction of sp³-hybridized carbons (Fsp3) is 0.364. The summed E-state index contributed by atoms with van der Waals surface area (Å²) in [6.07, 6.45) is 0. The van der Waals surface area contributed by atoms with Gasteiger partial charge in [0, 0.05) is 11.6 Å². The summed E-state index contributed by atoms with van der Waals surface area (Å²) in [7, 11) is 0. The van der Waals surface area contributed by atoms with E-state index in [-0.39, 0.29) is 12.4 Å². The number of aryl methyl sites for hydroxylation is 1. The Bertz CT molecular complexity index is 409. The minimum atomic E-state index is -0.955. The van der Waals surface area contributed by atoms with Crippen LogP contribution in [-0.4, -0.2) is 17.1 Å². The smallest absolute Gasteiger partial charge is 0.320 e. The van der Waals surface area contributed by atoms with Crippen LogP contribution in [0.4, 0.5) is 4.39 Å². The Kier molecular flexibility index (Phi) is 4.26. The molecule has 0 amide bonds. The van der Waals surface area contributed by atoms with E-state index >= 15 is 0 Å². The van der Waals surface area contributed by atoms with Crippen molar-refractivity contribution in [3.63, 3.8) is 0 Å². The third-order valence-electron chi connectivity index (χ3n) is 2.30. The van der Waals surface area contributed by atoms with Crippen LogP contribution < -0.4 is 5.32 Å². The molecule has 0 bridgehead atoms. The van der Waals surface area contributed by atoms with Gasteiger partial charge in [-0.05, 0) is 37.1 Å². The lowest BCUT2D eigenvalue weighted by atomic mass is 10.1. The summed E-state index contributed by atoms with van der Waals surface area (Å²) in [5, 5.41) is 11.8. The average Bonchev–Trinajstić information content (AvgIpc) is 2.20. The first-order valence-corrected chi connectivity index (χ1v) is 5.20. The summed E-state index contributed by atoms with van der Waals surface area (Å²) >= 11 is 5.91. The minimum absolute atomic E-state index is 0.226. The number of halogens is 2. The van der Waals surface area contributed by atoms with Crippen LogP contribution in [0.2, 0.25) is 5.02 Å². The van der Waals surface area contributed by atoms with Crippen molar-refractivity contribution in [3.05, 3.63) is 34.1 Å². The first kappa shape index (κ1) is 12.9. The third-order valence-corrected chi connectivity index (χ3v) is 2.65. The molecule has 5 heteroatoms. The fourth-order valence-corrected chi connectivity index (χ4v) is 1.46. The molecule has 0 saturated heterocycles. The zero-order chi connectivity index (χ0) is 12.3. The minimum Gasteiger partial charge on any atom is -0.480 e. The van der Waals surface area contributed by atoms with Gasteiger partial charge in [-0.15, -0.1) is 0 Å². The number of benzene rings is 1.